The van der Waals surface area contributed by atoms with Crippen LogP contribution in [0.15, 0.2) is 0 Å². The van der Waals surface area contributed by atoms with Crippen LogP contribution < -0.4 is 0 Å². The molecule has 0 saturated carbocycles. The van der Waals surface area contributed by atoms with E-state index in [2.05, 4.69) is 4.52 Å². The summed E-state index contributed by atoms with van der Waals surface area (Å²) in [4.78, 5) is 7.66. The van der Waals surface area contributed by atoms with Crippen LogP contribution in [-0.4, -0.2) is 23.1 Å². The summed E-state index contributed by atoms with van der Waals surface area (Å²) in [6.45, 7) is 0. The van der Waals surface area contributed by atoms with Gasteiger partial charge in [0.2, 0.25) is 0 Å². The van der Waals surface area contributed by atoms with E-state index >= 15 is 0 Å². The van der Waals surface area contributed by atoms with Gasteiger partial charge in [-0.15, -0.1) is 0 Å². The Morgan fingerprint density at radius 3 is 1.57 bits per heavy atom. The molecule has 0 saturated heterocycles. The monoisotopic (exact) mass is 250 g/mol. The smallest absolute Gasteiger partial charge is 0.326 e. The van der Waals surface area contributed by atoms with E-state index in [9.17, 15) is 35.3 Å². The van der Waals surface area contributed by atoms with Gasteiger partial charge in [0.05, 0.1) is 0 Å². The highest BCUT2D eigenvalue weighted by Gasteiger charge is 2.75. The van der Waals surface area contributed by atoms with Gasteiger partial charge in [-0.3, -0.25) is 4.57 Å². The molecule has 1 N–H and O–H groups in total. The molecule has 0 aromatic heterocycles. The van der Waals surface area contributed by atoms with Crippen molar-refractivity contribution in [2.45, 2.75) is 18.2 Å². The Hall–Kier alpha value is -0.340. The second-order valence-corrected chi connectivity index (χ2v) is 2.69. The maximum atomic E-state index is 11.9. The average Bonchev–Trinajstić information content (AvgIpc) is 1.80. The Bertz CT molecular complexity index is 235. The first-order valence-corrected chi connectivity index (χ1v) is 3.92. The van der Waals surface area contributed by atoms with Crippen molar-refractivity contribution in [1.82, 2.24) is 0 Å². The molecule has 0 aromatic carbocycles. The molecular formula is C3H2F7O3P. The molecule has 0 rings (SSSR count). The summed E-state index contributed by atoms with van der Waals surface area (Å²) < 4.78 is 93.3. The Morgan fingerprint density at radius 1 is 1.00 bits per heavy atom. The highest BCUT2D eigenvalue weighted by molar-refractivity contribution is 7.32. The number of hydrogen-bond acceptors (Lipinski definition) is 2. The summed E-state index contributed by atoms with van der Waals surface area (Å²) in [5, 5.41) is 0. The Kier molecular flexibility index (Phi) is 3.58. The third kappa shape index (κ3) is 2.58. The molecule has 14 heavy (non-hydrogen) atoms. The molecule has 0 amide bonds. The van der Waals surface area contributed by atoms with Gasteiger partial charge >= 0.3 is 26.5 Å². The van der Waals surface area contributed by atoms with E-state index in [1.165, 1.54) is 0 Å². The lowest BCUT2D eigenvalue weighted by Gasteiger charge is -2.26. The standard InChI is InChI=1S/C3H2F7O3P/c4-1(5,2(6,7)8)3(9,10)13-14(11)12/h14H,(H,11,12). The van der Waals surface area contributed by atoms with Crippen molar-refractivity contribution in [3.63, 3.8) is 0 Å². The predicted octanol–water partition coefficient (Wildman–Crippen LogP) is 2.18. The lowest BCUT2D eigenvalue weighted by atomic mass is 10.3. The first-order valence-electron chi connectivity index (χ1n) is 2.66. The van der Waals surface area contributed by atoms with Crippen molar-refractivity contribution in [3.05, 3.63) is 0 Å². The fourth-order valence-corrected chi connectivity index (χ4v) is 0.686. The van der Waals surface area contributed by atoms with Crippen molar-refractivity contribution in [2.75, 3.05) is 0 Å². The molecule has 0 bridgehead atoms. The Morgan fingerprint density at radius 2 is 1.36 bits per heavy atom. The summed E-state index contributed by atoms with van der Waals surface area (Å²) >= 11 is 0. The van der Waals surface area contributed by atoms with E-state index in [1.54, 1.807) is 0 Å². The van der Waals surface area contributed by atoms with E-state index in [4.69, 9.17) is 4.89 Å². The fourth-order valence-electron chi connectivity index (χ4n) is 0.339. The van der Waals surface area contributed by atoms with Crippen LogP contribution in [0, 0.1) is 0 Å². The molecular weight excluding hydrogens is 248 g/mol. The van der Waals surface area contributed by atoms with Crippen LogP contribution in [-0.2, 0) is 9.09 Å². The van der Waals surface area contributed by atoms with E-state index in [0.717, 1.165) is 0 Å². The minimum atomic E-state index is -6.58. The summed E-state index contributed by atoms with van der Waals surface area (Å²) in [6.07, 6.45) is -12.6. The van der Waals surface area contributed by atoms with Crippen LogP contribution in [0.4, 0.5) is 30.7 Å². The van der Waals surface area contributed by atoms with Gasteiger partial charge in [-0.2, -0.15) is 30.7 Å². The van der Waals surface area contributed by atoms with Crippen molar-refractivity contribution in [1.29, 1.82) is 0 Å². The summed E-state index contributed by atoms with van der Waals surface area (Å²) in [7, 11) is -4.61. The molecule has 0 aliphatic rings. The van der Waals surface area contributed by atoms with Crippen molar-refractivity contribution in [2.24, 2.45) is 0 Å². The normalized spacial score (nSPS) is 16.9. The van der Waals surface area contributed by atoms with Crippen molar-refractivity contribution >= 4 is 8.25 Å². The summed E-state index contributed by atoms with van der Waals surface area (Å²) in [5.74, 6) is -6.52. The van der Waals surface area contributed by atoms with E-state index < -0.39 is 26.5 Å². The maximum Gasteiger partial charge on any atom is 0.462 e. The zero-order valence-electron chi connectivity index (χ0n) is 5.91. The molecule has 1 atom stereocenters. The molecule has 0 radical (unpaired) electrons. The van der Waals surface area contributed by atoms with Crippen LogP contribution in [0.25, 0.3) is 0 Å². The molecule has 0 spiro atoms. The molecule has 0 aliphatic heterocycles. The van der Waals surface area contributed by atoms with Gasteiger partial charge in [-0.25, -0.2) is 4.52 Å². The van der Waals surface area contributed by atoms with Gasteiger partial charge in [0.15, 0.2) is 0 Å². The average molecular weight is 250 g/mol. The third-order valence-corrected chi connectivity index (χ3v) is 1.37. The van der Waals surface area contributed by atoms with Crippen LogP contribution in [0.2, 0.25) is 0 Å². The van der Waals surface area contributed by atoms with Gasteiger partial charge < -0.3 is 4.89 Å². The second-order valence-electron chi connectivity index (χ2n) is 1.96. The maximum absolute atomic E-state index is 11.9. The Balaban J connectivity index is 4.97. The van der Waals surface area contributed by atoms with Crippen LogP contribution in [0.5, 0.6) is 0 Å². The van der Waals surface area contributed by atoms with Gasteiger partial charge in [-0.1, -0.05) is 0 Å². The minimum Gasteiger partial charge on any atom is -0.326 e. The molecule has 0 aliphatic carbocycles. The van der Waals surface area contributed by atoms with Gasteiger partial charge in [0.1, 0.15) is 0 Å². The summed E-state index contributed by atoms with van der Waals surface area (Å²) in [6, 6.07) is 0. The first kappa shape index (κ1) is 13.7. The highest BCUT2D eigenvalue weighted by Crippen LogP contribution is 2.49. The van der Waals surface area contributed by atoms with E-state index in [0.29, 0.717) is 0 Å². The molecule has 86 valence electrons. The highest BCUT2D eigenvalue weighted by atomic mass is 31.1. The van der Waals surface area contributed by atoms with Crippen LogP contribution in [0.3, 0.4) is 0 Å². The minimum absolute atomic E-state index is 2.33. The molecule has 0 heterocycles. The SMILES string of the molecule is O=[PH](O)OC(F)(F)C(F)(F)C(F)(F)F. The zero-order valence-corrected chi connectivity index (χ0v) is 6.91. The number of hydrogen-bond donors (Lipinski definition) is 1. The lowest BCUT2D eigenvalue weighted by molar-refractivity contribution is -0.403. The lowest BCUT2D eigenvalue weighted by Crippen LogP contribution is -2.52. The molecule has 3 nitrogen and oxygen atoms in total. The number of rotatable bonds is 3. The van der Waals surface area contributed by atoms with Crippen molar-refractivity contribution < 1.29 is 44.7 Å². The number of alkyl halides is 7. The summed E-state index contributed by atoms with van der Waals surface area (Å²) in [5.41, 5.74) is 0. The molecule has 0 aromatic rings. The predicted molar refractivity (Wildman–Crippen MR) is 28.3 cm³/mol. The fraction of sp³-hybridized carbons (Fsp3) is 1.00. The first-order chi connectivity index (χ1) is 5.92. The van der Waals surface area contributed by atoms with Gasteiger partial charge in [-0.05, 0) is 0 Å². The topological polar surface area (TPSA) is 46.5 Å². The van der Waals surface area contributed by atoms with Crippen LogP contribution >= 0.6 is 8.25 Å². The van der Waals surface area contributed by atoms with Crippen molar-refractivity contribution in [3.8, 4) is 0 Å². The van der Waals surface area contributed by atoms with E-state index in [-0.39, 0.29) is 0 Å². The van der Waals surface area contributed by atoms with Crippen LogP contribution in [0.1, 0.15) is 0 Å². The molecule has 0 fully saturated rings. The Labute approximate surface area is 72.4 Å². The second kappa shape index (κ2) is 3.67. The molecule has 1 unspecified atom stereocenters. The quantitative estimate of drug-likeness (QED) is 0.616. The third-order valence-electron chi connectivity index (χ3n) is 0.937. The van der Waals surface area contributed by atoms with E-state index in [1.807, 2.05) is 0 Å². The molecule has 11 heteroatoms. The number of halogens is 7. The zero-order chi connectivity index (χ0) is 11.8. The van der Waals surface area contributed by atoms with Gasteiger partial charge in [0.25, 0.3) is 0 Å². The largest absolute Gasteiger partial charge is 0.462 e. The van der Waals surface area contributed by atoms with Gasteiger partial charge in [0, 0.05) is 0 Å².